The molecule has 0 saturated carbocycles. The summed E-state index contributed by atoms with van der Waals surface area (Å²) in [7, 11) is 0. The first-order chi connectivity index (χ1) is 13.2. The van der Waals surface area contributed by atoms with E-state index >= 15 is 0 Å². The van der Waals surface area contributed by atoms with Gasteiger partial charge in [0.05, 0.1) is 18.2 Å². The second kappa shape index (κ2) is 6.74. The minimum absolute atomic E-state index is 0.218. The van der Waals surface area contributed by atoms with E-state index in [1.807, 2.05) is 6.92 Å². The van der Waals surface area contributed by atoms with Crippen LogP contribution in [0.1, 0.15) is 39.0 Å². The Morgan fingerprint density at radius 3 is 2.68 bits per heavy atom. The highest BCUT2D eigenvalue weighted by Crippen LogP contribution is 2.38. The third kappa shape index (κ3) is 3.30. The van der Waals surface area contributed by atoms with Gasteiger partial charge in [-0.3, -0.25) is 9.79 Å². The van der Waals surface area contributed by atoms with Crippen molar-refractivity contribution in [3.8, 4) is 11.1 Å². The third-order valence-corrected chi connectivity index (χ3v) is 5.30. The number of hydrogen-bond donors (Lipinski definition) is 1. The van der Waals surface area contributed by atoms with E-state index in [1.165, 1.54) is 0 Å². The zero-order valence-electron chi connectivity index (χ0n) is 15.3. The number of carbonyl (C=O) groups excluding carboxylic acids is 1. The summed E-state index contributed by atoms with van der Waals surface area (Å²) < 4.78 is 40.1. The van der Waals surface area contributed by atoms with E-state index in [0.717, 1.165) is 17.7 Å². The summed E-state index contributed by atoms with van der Waals surface area (Å²) in [6.07, 6.45) is -2.87. The number of fused-ring (bicyclic) bond motifs is 1. The molecule has 0 radical (unpaired) electrons. The number of benzene rings is 2. The van der Waals surface area contributed by atoms with Gasteiger partial charge in [0.15, 0.2) is 0 Å². The molecule has 2 aliphatic heterocycles. The number of aliphatic imine (C=N–C) groups is 1. The Balaban J connectivity index is 1.80. The molecule has 0 spiro atoms. The summed E-state index contributed by atoms with van der Waals surface area (Å²) in [5.74, 6) is -0.227. The number of aryl methyl sites for hydroxylation is 1. The van der Waals surface area contributed by atoms with Crippen LogP contribution in [0.4, 0.5) is 13.2 Å². The number of amides is 1. The maximum Gasteiger partial charge on any atom is 0.416 e. The Labute approximate surface area is 160 Å². The molecule has 0 aromatic heterocycles. The number of aliphatic hydroxyl groups is 1. The molecular formula is C21H19F3N2O2. The normalized spacial score (nSPS) is 18.6. The van der Waals surface area contributed by atoms with Crippen molar-refractivity contribution in [2.24, 2.45) is 4.99 Å². The van der Waals surface area contributed by atoms with Crippen LogP contribution in [-0.2, 0) is 12.7 Å². The number of alkyl halides is 3. The van der Waals surface area contributed by atoms with Gasteiger partial charge < -0.3 is 10.0 Å². The minimum atomic E-state index is -4.46. The van der Waals surface area contributed by atoms with Crippen molar-refractivity contribution in [2.75, 3.05) is 13.1 Å². The lowest BCUT2D eigenvalue weighted by molar-refractivity contribution is -0.137. The predicted octanol–water partition coefficient (Wildman–Crippen LogP) is 3.82. The zero-order chi connectivity index (χ0) is 20.1. The van der Waals surface area contributed by atoms with Gasteiger partial charge in [0.2, 0.25) is 0 Å². The lowest BCUT2D eigenvalue weighted by atomic mass is 9.90. The standard InChI is InChI=1S/C21H19F3N2O2/c1-12-2-3-13(20(28)26-5-4-16(27)11-26)7-17(12)18-8-15(21(22,23)24)6-14-9-25-10-19(14)18/h2-3,6-8,10,16,27H,4-5,9,11H2,1H3. The molecule has 7 heteroatoms. The van der Waals surface area contributed by atoms with E-state index in [0.29, 0.717) is 40.8 Å². The second-order valence-corrected chi connectivity index (χ2v) is 7.29. The number of halogens is 3. The molecule has 4 rings (SSSR count). The smallest absolute Gasteiger partial charge is 0.391 e. The van der Waals surface area contributed by atoms with E-state index in [-0.39, 0.29) is 19.0 Å². The van der Waals surface area contributed by atoms with Crippen LogP contribution < -0.4 is 0 Å². The van der Waals surface area contributed by atoms with Crippen molar-refractivity contribution in [1.82, 2.24) is 4.90 Å². The fraction of sp³-hybridized carbons (Fsp3) is 0.333. The van der Waals surface area contributed by atoms with Crippen LogP contribution in [0.5, 0.6) is 0 Å². The van der Waals surface area contributed by atoms with E-state index in [2.05, 4.69) is 4.99 Å². The van der Waals surface area contributed by atoms with Crippen LogP contribution in [0.2, 0.25) is 0 Å². The third-order valence-electron chi connectivity index (χ3n) is 5.30. The molecule has 2 aromatic rings. The van der Waals surface area contributed by atoms with Crippen molar-refractivity contribution < 1.29 is 23.1 Å². The molecule has 1 fully saturated rings. The number of hydrogen-bond acceptors (Lipinski definition) is 3. The summed E-state index contributed by atoms with van der Waals surface area (Å²) in [5.41, 5.74) is 2.67. The number of nitrogens with zero attached hydrogens (tertiary/aromatic N) is 2. The molecule has 1 saturated heterocycles. The number of carbonyl (C=O) groups is 1. The predicted molar refractivity (Wildman–Crippen MR) is 99.4 cm³/mol. The summed E-state index contributed by atoms with van der Waals surface area (Å²) in [6.45, 7) is 2.76. The second-order valence-electron chi connectivity index (χ2n) is 7.29. The Bertz CT molecular complexity index is 982. The Morgan fingerprint density at radius 2 is 2.00 bits per heavy atom. The number of β-amino-alcohol motifs (C(OH)–C–C–N with tert-alkyl or cyclic N) is 1. The van der Waals surface area contributed by atoms with Crippen LogP contribution in [0, 0.1) is 6.92 Å². The van der Waals surface area contributed by atoms with Gasteiger partial charge in [0.1, 0.15) is 0 Å². The van der Waals surface area contributed by atoms with Gasteiger partial charge in [-0.1, -0.05) is 6.07 Å². The molecule has 2 aromatic carbocycles. The monoisotopic (exact) mass is 388 g/mol. The van der Waals surface area contributed by atoms with Crippen LogP contribution >= 0.6 is 0 Å². The molecule has 2 heterocycles. The van der Waals surface area contributed by atoms with E-state index in [4.69, 9.17) is 0 Å². The average Bonchev–Trinajstić information content (AvgIpc) is 3.28. The highest BCUT2D eigenvalue weighted by molar-refractivity contribution is 5.99. The number of aliphatic hydroxyl groups excluding tert-OH is 1. The van der Waals surface area contributed by atoms with E-state index < -0.39 is 17.8 Å². The molecule has 4 nitrogen and oxygen atoms in total. The van der Waals surface area contributed by atoms with E-state index in [9.17, 15) is 23.1 Å². The Morgan fingerprint density at radius 1 is 1.21 bits per heavy atom. The van der Waals surface area contributed by atoms with E-state index in [1.54, 1.807) is 29.3 Å². The lowest BCUT2D eigenvalue weighted by Crippen LogP contribution is -2.29. The highest BCUT2D eigenvalue weighted by Gasteiger charge is 2.33. The fourth-order valence-corrected chi connectivity index (χ4v) is 3.77. The number of likely N-dealkylation sites (tertiary alicyclic amines) is 1. The molecule has 1 N–H and O–H groups in total. The molecule has 0 bridgehead atoms. The molecule has 2 aliphatic rings. The molecule has 146 valence electrons. The summed E-state index contributed by atoms with van der Waals surface area (Å²) in [6, 6.07) is 7.33. The highest BCUT2D eigenvalue weighted by atomic mass is 19.4. The summed E-state index contributed by atoms with van der Waals surface area (Å²) in [5, 5.41) is 9.67. The lowest BCUT2D eigenvalue weighted by Gasteiger charge is -2.18. The maximum atomic E-state index is 13.4. The van der Waals surface area contributed by atoms with Gasteiger partial charge in [0.25, 0.3) is 5.91 Å². The molecular weight excluding hydrogens is 369 g/mol. The number of rotatable bonds is 2. The maximum absolute atomic E-state index is 13.4. The first-order valence-corrected chi connectivity index (χ1v) is 9.06. The molecule has 28 heavy (non-hydrogen) atoms. The van der Waals surface area contributed by atoms with Crippen LogP contribution in [-0.4, -0.2) is 41.3 Å². The topological polar surface area (TPSA) is 52.9 Å². The molecule has 1 atom stereocenters. The average molecular weight is 388 g/mol. The molecule has 1 amide bonds. The SMILES string of the molecule is Cc1ccc(C(=O)N2CCC(O)C2)cc1-c1cc(C(F)(F)F)cc2c1C=NC2. The first-order valence-electron chi connectivity index (χ1n) is 9.06. The van der Waals surface area contributed by atoms with Crippen molar-refractivity contribution in [1.29, 1.82) is 0 Å². The van der Waals surface area contributed by atoms with Crippen LogP contribution in [0.15, 0.2) is 35.3 Å². The van der Waals surface area contributed by atoms with Gasteiger partial charge in [-0.2, -0.15) is 13.2 Å². The van der Waals surface area contributed by atoms with Gasteiger partial charge in [-0.15, -0.1) is 0 Å². The quantitative estimate of drug-likeness (QED) is 0.850. The van der Waals surface area contributed by atoms with Crippen LogP contribution in [0.25, 0.3) is 11.1 Å². The van der Waals surface area contributed by atoms with Crippen molar-refractivity contribution in [3.63, 3.8) is 0 Å². The van der Waals surface area contributed by atoms with Crippen molar-refractivity contribution in [3.05, 3.63) is 58.1 Å². The fourth-order valence-electron chi connectivity index (χ4n) is 3.77. The van der Waals surface area contributed by atoms with Gasteiger partial charge in [-0.05, 0) is 59.9 Å². The Kier molecular flexibility index (Phi) is 4.50. The van der Waals surface area contributed by atoms with Crippen LogP contribution in [0.3, 0.4) is 0 Å². The summed E-state index contributed by atoms with van der Waals surface area (Å²) in [4.78, 5) is 18.4. The summed E-state index contributed by atoms with van der Waals surface area (Å²) >= 11 is 0. The van der Waals surface area contributed by atoms with Gasteiger partial charge in [-0.25, -0.2) is 0 Å². The minimum Gasteiger partial charge on any atom is -0.391 e. The molecule has 1 unspecified atom stereocenters. The zero-order valence-corrected chi connectivity index (χ0v) is 15.3. The molecule has 0 aliphatic carbocycles. The largest absolute Gasteiger partial charge is 0.416 e. The Hall–Kier alpha value is -2.67. The van der Waals surface area contributed by atoms with Gasteiger partial charge in [0, 0.05) is 30.4 Å². The first kappa shape index (κ1) is 18.7. The van der Waals surface area contributed by atoms with Crippen molar-refractivity contribution >= 4 is 12.1 Å². The van der Waals surface area contributed by atoms with Gasteiger partial charge >= 0.3 is 6.18 Å². The van der Waals surface area contributed by atoms with Crippen molar-refractivity contribution in [2.45, 2.75) is 32.2 Å².